The van der Waals surface area contributed by atoms with Gasteiger partial charge in [-0.15, -0.1) is 0 Å². The molecule has 2 N–H and O–H groups in total. The molecule has 0 saturated carbocycles. The summed E-state index contributed by atoms with van der Waals surface area (Å²) in [4.78, 5) is 24.1. The lowest BCUT2D eigenvalue weighted by molar-refractivity contribution is -0.136. The van der Waals surface area contributed by atoms with Gasteiger partial charge >= 0.3 is 5.97 Å². The smallest absolute Gasteiger partial charge is 0.305 e. The Bertz CT molecular complexity index is 490. The largest absolute Gasteiger partial charge is 0.481 e. The fraction of sp³-hybridized carbons (Fsp3) is 0.333. The molecule has 0 fully saturated rings. The maximum Gasteiger partial charge on any atom is 0.305 e. The normalized spacial score (nSPS) is 14.7. The van der Waals surface area contributed by atoms with Gasteiger partial charge in [-0.3, -0.25) is 9.59 Å². The number of anilines is 2. The van der Waals surface area contributed by atoms with Gasteiger partial charge in [-0.25, -0.2) is 0 Å². The molecule has 96 valence electrons. The molecule has 0 aliphatic carbocycles. The summed E-state index contributed by atoms with van der Waals surface area (Å²) in [6.45, 7) is 0.927. The highest BCUT2D eigenvalue weighted by atomic mass is 79.9. The van der Waals surface area contributed by atoms with Crippen LogP contribution in [0, 0.1) is 0 Å². The second-order valence-electron chi connectivity index (χ2n) is 4.09. The molecule has 1 aromatic carbocycles. The minimum absolute atomic E-state index is 0.0450. The highest BCUT2D eigenvalue weighted by molar-refractivity contribution is 9.10. The van der Waals surface area contributed by atoms with Gasteiger partial charge in [0.2, 0.25) is 5.91 Å². The van der Waals surface area contributed by atoms with E-state index in [4.69, 9.17) is 5.11 Å². The van der Waals surface area contributed by atoms with E-state index in [9.17, 15) is 9.59 Å². The molecule has 0 radical (unpaired) electrons. The second kappa shape index (κ2) is 5.39. The molecule has 1 amide bonds. The summed E-state index contributed by atoms with van der Waals surface area (Å²) >= 11 is 3.38. The number of halogens is 1. The first-order chi connectivity index (χ1) is 8.56. The molecule has 0 spiro atoms. The van der Waals surface area contributed by atoms with Crippen molar-refractivity contribution < 1.29 is 14.7 Å². The minimum atomic E-state index is -0.838. The van der Waals surface area contributed by atoms with Gasteiger partial charge in [-0.2, -0.15) is 0 Å². The molecule has 0 aromatic heterocycles. The zero-order valence-corrected chi connectivity index (χ0v) is 11.2. The van der Waals surface area contributed by atoms with Crippen LogP contribution in [0.1, 0.15) is 12.8 Å². The first-order valence-electron chi connectivity index (χ1n) is 5.62. The lowest BCUT2D eigenvalue weighted by Gasteiger charge is -2.23. The van der Waals surface area contributed by atoms with Crippen LogP contribution < -0.4 is 10.2 Å². The van der Waals surface area contributed by atoms with Crippen LogP contribution in [0.5, 0.6) is 0 Å². The van der Waals surface area contributed by atoms with Crippen molar-refractivity contribution in [3.05, 3.63) is 22.7 Å². The molecule has 1 aliphatic rings. The summed E-state index contributed by atoms with van der Waals surface area (Å²) in [5, 5.41) is 11.6. The van der Waals surface area contributed by atoms with Crippen molar-refractivity contribution in [3.8, 4) is 0 Å². The number of amides is 1. The van der Waals surface area contributed by atoms with E-state index in [2.05, 4.69) is 21.2 Å². The Labute approximate surface area is 113 Å². The van der Waals surface area contributed by atoms with E-state index < -0.39 is 5.97 Å². The van der Waals surface area contributed by atoms with E-state index in [0.29, 0.717) is 19.5 Å². The molecule has 0 bridgehead atoms. The van der Waals surface area contributed by atoms with Crippen LogP contribution in [0.15, 0.2) is 22.7 Å². The van der Waals surface area contributed by atoms with Crippen LogP contribution in [0.2, 0.25) is 0 Å². The highest BCUT2D eigenvalue weighted by Gasteiger charge is 2.19. The Balaban J connectivity index is 2.28. The monoisotopic (exact) mass is 312 g/mol. The predicted molar refractivity (Wildman–Crippen MR) is 71.9 cm³/mol. The Morgan fingerprint density at radius 3 is 3.00 bits per heavy atom. The Morgan fingerprint density at radius 1 is 1.50 bits per heavy atom. The van der Waals surface area contributed by atoms with Crippen molar-refractivity contribution in [3.63, 3.8) is 0 Å². The number of hydrogen-bond donors (Lipinski definition) is 2. The Morgan fingerprint density at radius 2 is 2.28 bits per heavy atom. The molecule has 2 rings (SSSR count). The van der Waals surface area contributed by atoms with Crippen molar-refractivity contribution in [2.24, 2.45) is 0 Å². The second-order valence-corrected chi connectivity index (χ2v) is 5.01. The SMILES string of the molecule is O=C(O)CCN1CCC(=O)Nc2ccc(Br)cc21. The fourth-order valence-corrected chi connectivity index (χ4v) is 2.25. The summed E-state index contributed by atoms with van der Waals surface area (Å²) in [5.41, 5.74) is 1.59. The Kier molecular flexibility index (Phi) is 3.86. The number of fused-ring (bicyclic) bond motifs is 1. The van der Waals surface area contributed by atoms with Crippen LogP contribution in [-0.2, 0) is 9.59 Å². The minimum Gasteiger partial charge on any atom is -0.481 e. The zero-order chi connectivity index (χ0) is 13.1. The third-order valence-electron chi connectivity index (χ3n) is 2.78. The molecule has 0 atom stereocenters. The van der Waals surface area contributed by atoms with Crippen LogP contribution in [-0.4, -0.2) is 30.1 Å². The lowest BCUT2D eigenvalue weighted by atomic mass is 10.2. The topological polar surface area (TPSA) is 69.6 Å². The van der Waals surface area contributed by atoms with Gasteiger partial charge in [0.1, 0.15) is 0 Å². The quantitative estimate of drug-likeness (QED) is 0.896. The maximum atomic E-state index is 11.5. The van der Waals surface area contributed by atoms with Crippen molar-refractivity contribution in [1.82, 2.24) is 0 Å². The molecular formula is C12H13BrN2O3. The molecule has 6 heteroatoms. The lowest BCUT2D eigenvalue weighted by Crippen LogP contribution is -2.27. The van der Waals surface area contributed by atoms with Gasteiger partial charge in [-0.1, -0.05) is 15.9 Å². The van der Waals surface area contributed by atoms with Gasteiger partial charge in [0.25, 0.3) is 0 Å². The van der Waals surface area contributed by atoms with E-state index in [1.165, 1.54) is 0 Å². The van der Waals surface area contributed by atoms with Crippen LogP contribution >= 0.6 is 15.9 Å². The summed E-state index contributed by atoms with van der Waals surface area (Å²) in [6.07, 6.45) is 0.423. The average molecular weight is 313 g/mol. The molecule has 1 heterocycles. The highest BCUT2D eigenvalue weighted by Crippen LogP contribution is 2.31. The number of nitrogens with zero attached hydrogens (tertiary/aromatic N) is 1. The predicted octanol–water partition coefficient (Wildman–Crippen LogP) is 2.07. The number of carbonyl (C=O) groups excluding carboxylic acids is 1. The van der Waals surface area contributed by atoms with Gasteiger partial charge < -0.3 is 15.3 Å². The zero-order valence-electron chi connectivity index (χ0n) is 9.65. The average Bonchev–Trinajstić information content (AvgIpc) is 2.45. The maximum absolute atomic E-state index is 11.5. The number of carbonyl (C=O) groups is 2. The number of aliphatic carboxylic acids is 1. The van der Waals surface area contributed by atoms with Crippen LogP contribution in [0.4, 0.5) is 11.4 Å². The van der Waals surface area contributed by atoms with Crippen LogP contribution in [0.25, 0.3) is 0 Å². The summed E-state index contributed by atoms with van der Waals surface area (Å²) in [7, 11) is 0. The van der Waals surface area contributed by atoms with Crippen molar-refractivity contribution in [2.45, 2.75) is 12.8 Å². The number of hydrogen-bond acceptors (Lipinski definition) is 3. The van der Waals surface area contributed by atoms with E-state index >= 15 is 0 Å². The molecular weight excluding hydrogens is 300 g/mol. The molecule has 1 aliphatic heterocycles. The van der Waals surface area contributed by atoms with Crippen molar-refractivity contribution in [2.75, 3.05) is 23.3 Å². The van der Waals surface area contributed by atoms with E-state index in [0.717, 1.165) is 15.8 Å². The standard InChI is InChI=1S/C12H13BrN2O3/c13-8-1-2-9-10(7-8)15(6-4-12(17)18)5-3-11(16)14-9/h1-2,7H,3-6H2,(H,14,16)(H,17,18). The number of benzene rings is 1. The third-order valence-corrected chi connectivity index (χ3v) is 3.27. The molecule has 0 unspecified atom stereocenters. The van der Waals surface area contributed by atoms with Crippen molar-refractivity contribution >= 4 is 39.2 Å². The number of carboxylic acid groups (broad SMARTS) is 1. The fourth-order valence-electron chi connectivity index (χ4n) is 1.90. The number of rotatable bonds is 3. The van der Waals surface area contributed by atoms with Crippen molar-refractivity contribution in [1.29, 1.82) is 0 Å². The van der Waals surface area contributed by atoms with Gasteiger partial charge in [0.15, 0.2) is 0 Å². The van der Waals surface area contributed by atoms with Gasteiger partial charge in [-0.05, 0) is 18.2 Å². The van der Waals surface area contributed by atoms with E-state index in [1.54, 1.807) is 0 Å². The number of nitrogens with one attached hydrogen (secondary N) is 1. The molecule has 0 saturated heterocycles. The summed E-state index contributed by atoms with van der Waals surface area (Å²) in [6, 6.07) is 5.55. The van der Waals surface area contributed by atoms with E-state index in [1.807, 2.05) is 23.1 Å². The molecule has 5 nitrogen and oxygen atoms in total. The van der Waals surface area contributed by atoms with Gasteiger partial charge in [0, 0.05) is 24.0 Å². The van der Waals surface area contributed by atoms with Gasteiger partial charge in [0.05, 0.1) is 17.8 Å². The van der Waals surface area contributed by atoms with E-state index in [-0.39, 0.29) is 12.3 Å². The molecule has 1 aromatic rings. The Hall–Kier alpha value is -1.56. The van der Waals surface area contributed by atoms with Crippen LogP contribution in [0.3, 0.4) is 0 Å². The third kappa shape index (κ3) is 3.01. The summed E-state index contributed by atoms with van der Waals surface area (Å²) < 4.78 is 0.901. The molecule has 18 heavy (non-hydrogen) atoms. The first-order valence-corrected chi connectivity index (χ1v) is 6.42. The summed E-state index contributed by atoms with van der Waals surface area (Å²) in [5.74, 6) is -0.883. The number of carboxylic acids is 1. The first kappa shape index (κ1) is 12.9.